The third kappa shape index (κ3) is 4.45. The number of phenolic OH excluding ortho intramolecular Hbond substituents is 1. The third-order valence-corrected chi connectivity index (χ3v) is 5.77. The Labute approximate surface area is 178 Å². The predicted molar refractivity (Wildman–Crippen MR) is 112 cm³/mol. The van der Waals surface area contributed by atoms with Gasteiger partial charge in [0.2, 0.25) is 5.91 Å². The highest BCUT2D eigenvalue weighted by Crippen LogP contribution is 2.50. The van der Waals surface area contributed by atoms with Crippen molar-refractivity contribution in [3.05, 3.63) is 71.3 Å². The summed E-state index contributed by atoms with van der Waals surface area (Å²) in [5.74, 6) is -0.412. The van der Waals surface area contributed by atoms with Gasteiger partial charge in [0, 0.05) is 11.3 Å². The molecule has 0 bridgehead atoms. The molecule has 7 heteroatoms. The molecule has 0 saturated heterocycles. The Hall–Kier alpha value is -3.22. The van der Waals surface area contributed by atoms with Crippen molar-refractivity contribution in [2.75, 3.05) is 5.32 Å². The molecule has 2 aromatic carbocycles. The minimum absolute atomic E-state index is 0.129. The summed E-state index contributed by atoms with van der Waals surface area (Å²) in [7, 11) is 0. The molecule has 0 atom stereocenters. The highest BCUT2D eigenvalue weighted by atomic mass is 19.4. The van der Waals surface area contributed by atoms with Crippen molar-refractivity contribution < 1.29 is 27.8 Å². The number of benzene rings is 2. The lowest BCUT2D eigenvalue weighted by atomic mass is 9.93. The smallest absolute Gasteiger partial charge is 0.508 e. The van der Waals surface area contributed by atoms with Crippen molar-refractivity contribution in [2.24, 2.45) is 0 Å². The van der Waals surface area contributed by atoms with E-state index in [9.17, 15) is 23.1 Å². The monoisotopic (exact) mass is 429 g/mol. The number of ether oxygens (including phenoxy) is 1. The van der Waals surface area contributed by atoms with E-state index in [1.807, 2.05) is 12.1 Å². The maximum absolute atomic E-state index is 13.1. The Kier molecular flexibility index (Phi) is 5.29. The van der Waals surface area contributed by atoms with Gasteiger partial charge in [-0.2, -0.15) is 0 Å². The number of allylic oxidation sites excluding steroid dienone is 4. The van der Waals surface area contributed by atoms with E-state index in [0.717, 1.165) is 11.1 Å². The van der Waals surface area contributed by atoms with E-state index in [4.69, 9.17) is 0 Å². The van der Waals surface area contributed by atoms with Gasteiger partial charge in [0.1, 0.15) is 11.5 Å². The molecular weight excluding hydrogens is 407 g/mol. The molecule has 0 aromatic heterocycles. The maximum atomic E-state index is 13.1. The van der Waals surface area contributed by atoms with Gasteiger partial charge in [-0.25, -0.2) is 0 Å². The van der Waals surface area contributed by atoms with Gasteiger partial charge in [0.25, 0.3) is 0 Å². The second-order valence-electron chi connectivity index (χ2n) is 7.95. The minimum atomic E-state index is -4.81. The molecule has 0 aliphatic heterocycles. The number of hydrogen-bond acceptors (Lipinski definition) is 3. The lowest BCUT2D eigenvalue weighted by Crippen LogP contribution is -2.28. The van der Waals surface area contributed by atoms with Crippen molar-refractivity contribution in [1.82, 2.24) is 0 Å². The summed E-state index contributed by atoms with van der Waals surface area (Å²) in [6.45, 7) is 1.78. The number of nitrogens with one attached hydrogen (secondary N) is 1. The summed E-state index contributed by atoms with van der Waals surface area (Å²) >= 11 is 0. The van der Waals surface area contributed by atoms with Crippen LogP contribution >= 0.6 is 0 Å². The molecule has 4 nitrogen and oxygen atoms in total. The number of hydrogen-bond donors (Lipinski definition) is 2. The quantitative estimate of drug-likeness (QED) is 0.613. The zero-order valence-corrected chi connectivity index (χ0v) is 16.9. The summed E-state index contributed by atoms with van der Waals surface area (Å²) in [6.07, 6.45) is 3.25. The number of halogens is 3. The first-order chi connectivity index (χ1) is 14.7. The fourth-order valence-corrected chi connectivity index (χ4v) is 3.83. The second kappa shape index (κ2) is 7.80. The zero-order chi connectivity index (χ0) is 22.2. The molecule has 0 unspecified atom stereocenters. The van der Waals surface area contributed by atoms with Gasteiger partial charge in [0.05, 0.1) is 5.41 Å². The van der Waals surface area contributed by atoms with Gasteiger partial charge in [-0.15, -0.1) is 13.2 Å². The molecule has 1 fully saturated rings. The molecule has 2 aromatic rings. The number of phenols is 1. The van der Waals surface area contributed by atoms with Crippen LogP contribution in [-0.2, 0) is 10.2 Å². The fraction of sp³-hybridized carbons (Fsp3) is 0.292. The van der Waals surface area contributed by atoms with Crippen molar-refractivity contribution in [3.8, 4) is 11.5 Å². The van der Waals surface area contributed by atoms with Crippen LogP contribution in [0.2, 0.25) is 0 Å². The molecule has 0 radical (unpaired) electrons. The lowest BCUT2D eigenvalue weighted by Gasteiger charge is -2.20. The Morgan fingerprint density at radius 3 is 2.55 bits per heavy atom. The van der Waals surface area contributed by atoms with E-state index in [0.29, 0.717) is 42.5 Å². The first-order valence-electron chi connectivity index (χ1n) is 10.1. The SMILES string of the molecule is Cc1ccc(C2(C(=O)Nc3ccc(OC(F)(F)F)c(C4=CC=CCC4)c3)CC2)cc1O. The number of anilines is 1. The highest BCUT2D eigenvalue weighted by molar-refractivity contribution is 6.01. The van der Waals surface area contributed by atoms with Crippen molar-refractivity contribution in [2.45, 2.75) is 44.4 Å². The van der Waals surface area contributed by atoms with Crippen LogP contribution in [0, 0.1) is 6.92 Å². The standard InChI is InChI=1S/C24H22F3NO3/c1-15-7-8-17(13-20(15)29)23(11-12-23)22(30)28-18-9-10-21(31-24(25,26)27)19(14-18)16-5-3-2-4-6-16/h2-3,5,7-10,13-14,29H,4,6,11-12H2,1H3,(H,28,30). The van der Waals surface area contributed by atoms with Crippen LogP contribution in [0.15, 0.2) is 54.6 Å². The number of aromatic hydroxyl groups is 1. The summed E-state index contributed by atoms with van der Waals surface area (Å²) in [6, 6.07) is 9.35. The Morgan fingerprint density at radius 1 is 1.16 bits per heavy atom. The summed E-state index contributed by atoms with van der Waals surface area (Å²) in [4.78, 5) is 13.1. The van der Waals surface area contributed by atoms with E-state index < -0.39 is 11.8 Å². The normalized spacial score (nSPS) is 17.1. The van der Waals surface area contributed by atoms with E-state index in [1.165, 1.54) is 18.2 Å². The molecule has 0 spiro atoms. The summed E-state index contributed by atoms with van der Waals surface area (Å²) in [5.41, 5.74) is 2.12. The van der Waals surface area contributed by atoms with Crippen LogP contribution < -0.4 is 10.1 Å². The first-order valence-corrected chi connectivity index (χ1v) is 10.1. The van der Waals surface area contributed by atoms with Gasteiger partial charge >= 0.3 is 6.36 Å². The molecule has 162 valence electrons. The van der Waals surface area contributed by atoms with Gasteiger partial charge in [-0.05, 0) is 73.6 Å². The van der Waals surface area contributed by atoms with E-state index in [2.05, 4.69) is 10.1 Å². The van der Waals surface area contributed by atoms with Gasteiger partial charge in [-0.1, -0.05) is 30.4 Å². The molecule has 4 rings (SSSR count). The largest absolute Gasteiger partial charge is 0.573 e. The minimum Gasteiger partial charge on any atom is -0.508 e. The molecule has 2 aliphatic carbocycles. The van der Waals surface area contributed by atoms with Crippen molar-refractivity contribution >= 4 is 17.2 Å². The number of carbonyl (C=O) groups excluding carboxylic acids is 1. The van der Waals surface area contributed by atoms with Crippen LogP contribution in [-0.4, -0.2) is 17.4 Å². The number of rotatable bonds is 5. The fourth-order valence-electron chi connectivity index (χ4n) is 3.83. The first kappa shape index (κ1) is 21.0. The molecule has 31 heavy (non-hydrogen) atoms. The zero-order valence-electron chi connectivity index (χ0n) is 16.9. The summed E-state index contributed by atoms with van der Waals surface area (Å²) < 4.78 is 42.8. The summed E-state index contributed by atoms with van der Waals surface area (Å²) in [5, 5.41) is 12.9. The maximum Gasteiger partial charge on any atom is 0.573 e. The average Bonchev–Trinajstić information content (AvgIpc) is 3.53. The van der Waals surface area contributed by atoms with E-state index in [-0.39, 0.29) is 17.4 Å². The van der Waals surface area contributed by atoms with Crippen LogP contribution in [0.25, 0.3) is 5.57 Å². The number of amides is 1. The van der Waals surface area contributed by atoms with Crippen LogP contribution in [0.4, 0.5) is 18.9 Å². The molecule has 2 N–H and O–H groups in total. The molecule has 1 amide bonds. The number of carbonyl (C=O) groups is 1. The third-order valence-electron chi connectivity index (χ3n) is 5.77. The number of alkyl halides is 3. The van der Waals surface area contributed by atoms with Crippen molar-refractivity contribution in [1.29, 1.82) is 0 Å². The van der Waals surface area contributed by atoms with Crippen molar-refractivity contribution in [3.63, 3.8) is 0 Å². The number of aryl methyl sites for hydroxylation is 1. The van der Waals surface area contributed by atoms with Gasteiger partial charge < -0.3 is 15.2 Å². The Bertz CT molecular complexity index is 1080. The van der Waals surface area contributed by atoms with Crippen LogP contribution in [0.3, 0.4) is 0 Å². The highest BCUT2D eigenvalue weighted by Gasteiger charge is 2.51. The molecule has 1 saturated carbocycles. The lowest BCUT2D eigenvalue weighted by molar-refractivity contribution is -0.274. The van der Waals surface area contributed by atoms with Gasteiger partial charge in [-0.3, -0.25) is 4.79 Å². The molecule has 2 aliphatic rings. The molecule has 0 heterocycles. The van der Waals surface area contributed by atoms with E-state index >= 15 is 0 Å². The Morgan fingerprint density at radius 2 is 1.94 bits per heavy atom. The topological polar surface area (TPSA) is 58.6 Å². The second-order valence-corrected chi connectivity index (χ2v) is 7.95. The predicted octanol–water partition coefficient (Wildman–Crippen LogP) is 6.00. The van der Waals surface area contributed by atoms with E-state index in [1.54, 1.807) is 31.2 Å². The van der Waals surface area contributed by atoms with Gasteiger partial charge in [0.15, 0.2) is 0 Å². The van der Waals surface area contributed by atoms with Crippen LogP contribution in [0.1, 0.15) is 42.4 Å². The van der Waals surface area contributed by atoms with Crippen LogP contribution in [0.5, 0.6) is 11.5 Å². The molecular formula is C24H22F3NO3. The average molecular weight is 429 g/mol. The Balaban J connectivity index is 1.62.